The number of benzene rings is 2. The Hall–Kier alpha value is -2.29. The molecule has 0 spiro atoms. The van der Waals surface area contributed by atoms with Crippen LogP contribution in [0.5, 0.6) is 5.75 Å². The number of hydrogen-bond acceptors (Lipinski definition) is 3. The zero-order valence-corrected chi connectivity index (χ0v) is 17.6. The first-order valence-corrected chi connectivity index (χ1v) is 10.7. The fourth-order valence-corrected chi connectivity index (χ4v) is 3.08. The standard InChI is InChI=1S/C25H34O3/c1-4-6-8-10-25(26)28-20(3)21-11-13-22(14-12-21)23-15-17-24(18-16-23)27-19-9-7-5-2/h11-18,20H,4-10,19H2,1-3H3. The minimum absolute atomic E-state index is 0.112. The molecule has 0 aliphatic heterocycles. The summed E-state index contributed by atoms with van der Waals surface area (Å²) in [6.07, 6.45) is 6.87. The first-order chi connectivity index (χ1) is 13.6. The van der Waals surface area contributed by atoms with Crippen LogP contribution >= 0.6 is 0 Å². The van der Waals surface area contributed by atoms with E-state index >= 15 is 0 Å². The van der Waals surface area contributed by atoms with E-state index in [2.05, 4.69) is 38.1 Å². The van der Waals surface area contributed by atoms with Crippen LogP contribution in [0.25, 0.3) is 11.1 Å². The third-order valence-electron chi connectivity index (χ3n) is 4.88. The van der Waals surface area contributed by atoms with Gasteiger partial charge in [0.25, 0.3) is 0 Å². The van der Waals surface area contributed by atoms with E-state index in [0.29, 0.717) is 6.42 Å². The molecule has 0 aliphatic rings. The topological polar surface area (TPSA) is 35.5 Å². The fraction of sp³-hybridized carbons (Fsp3) is 0.480. The maximum absolute atomic E-state index is 11.9. The Kier molecular flexibility index (Phi) is 9.61. The van der Waals surface area contributed by atoms with Crippen molar-refractivity contribution in [2.24, 2.45) is 0 Å². The van der Waals surface area contributed by atoms with Crippen LogP contribution in [0.2, 0.25) is 0 Å². The molecule has 2 rings (SSSR count). The Bertz CT molecular complexity index is 689. The zero-order valence-electron chi connectivity index (χ0n) is 17.6. The largest absolute Gasteiger partial charge is 0.494 e. The summed E-state index contributed by atoms with van der Waals surface area (Å²) >= 11 is 0. The highest BCUT2D eigenvalue weighted by molar-refractivity contribution is 5.69. The molecule has 0 saturated heterocycles. The van der Waals surface area contributed by atoms with Crippen molar-refractivity contribution in [3.05, 3.63) is 54.1 Å². The van der Waals surface area contributed by atoms with Gasteiger partial charge in [-0.2, -0.15) is 0 Å². The fourth-order valence-electron chi connectivity index (χ4n) is 3.08. The zero-order chi connectivity index (χ0) is 20.2. The molecular weight excluding hydrogens is 348 g/mol. The van der Waals surface area contributed by atoms with Gasteiger partial charge in [0.05, 0.1) is 6.61 Å². The Balaban J connectivity index is 1.88. The number of carbonyl (C=O) groups excluding carboxylic acids is 1. The smallest absolute Gasteiger partial charge is 0.306 e. The van der Waals surface area contributed by atoms with Gasteiger partial charge in [-0.1, -0.05) is 75.9 Å². The molecule has 28 heavy (non-hydrogen) atoms. The summed E-state index contributed by atoms with van der Waals surface area (Å²) < 4.78 is 11.3. The third-order valence-corrected chi connectivity index (χ3v) is 4.88. The van der Waals surface area contributed by atoms with Gasteiger partial charge in [0.2, 0.25) is 0 Å². The van der Waals surface area contributed by atoms with Crippen LogP contribution in [0, 0.1) is 0 Å². The molecule has 2 aromatic carbocycles. The molecule has 0 aliphatic carbocycles. The average molecular weight is 383 g/mol. The second kappa shape index (κ2) is 12.2. The predicted octanol–water partition coefficient (Wildman–Crippen LogP) is 7.11. The van der Waals surface area contributed by atoms with E-state index in [1.807, 2.05) is 31.2 Å². The average Bonchev–Trinajstić information content (AvgIpc) is 2.72. The first kappa shape index (κ1) is 22.0. The summed E-state index contributed by atoms with van der Waals surface area (Å²) in [6.45, 7) is 7.02. The van der Waals surface area contributed by atoms with Gasteiger partial charge < -0.3 is 9.47 Å². The van der Waals surface area contributed by atoms with Gasteiger partial charge in [-0.3, -0.25) is 4.79 Å². The van der Waals surface area contributed by atoms with Gasteiger partial charge in [0, 0.05) is 6.42 Å². The number of esters is 1. The molecule has 0 aromatic heterocycles. The van der Waals surface area contributed by atoms with Crippen LogP contribution in [-0.4, -0.2) is 12.6 Å². The minimum Gasteiger partial charge on any atom is -0.494 e. The normalized spacial score (nSPS) is 11.8. The lowest BCUT2D eigenvalue weighted by atomic mass is 10.0. The lowest BCUT2D eigenvalue weighted by molar-refractivity contribution is -0.148. The van der Waals surface area contributed by atoms with E-state index in [1.54, 1.807) is 0 Å². The van der Waals surface area contributed by atoms with Gasteiger partial charge in [0.15, 0.2) is 0 Å². The molecule has 0 radical (unpaired) electrons. The molecule has 152 valence electrons. The van der Waals surface area contributed by atoms with Crippen molar-refractivity contribution in [1.29, 1.82) is 0 Å². The summed E-state index contributed by atoms with van der Waals surface area (Å²) in [5.41, 5.74) is 3.31. The van der Waals surface area contributed by atoms with Crippen molar-refractivity contribution in [2.45, 2.75) is 71.8 Å². The summed E-state index contributed by atoms with van der Waals surface area (Å²) in [5, 5.41) is 0. The first-order valence-electron chi connectivity index (χ1n) is 10.7. The molecule has 0 N–H and O–H groups in total. The molecule has 1 atom stereocenters. The van der Waals surface area contributed by atoms with Crippen molar-refractivity contribution in [2.75, 3.05) is 6.61 Å². The Morgan fingerprint density at radius 1 is 0.821 bits per heavy atom. The van der Waals surface area contributed by atoms with Crippen LogP contribution < -0.4 is 4.74 Å². The van der Waals surface area contributed by atoms with Crippen LogP contribution in [0.4, 0.5) is 0 Å². The van der Waals surface area contributed by atoms with Crippen LogP contribution in [0.1, 0.15) is 77.4 Å². The molecule has 1 unspecified atom stereocenters. The van der Waals surface area contributed by atoms with Crippen molar-refractivity contribution in [3.63, 3.8) is 0 Å². The molecule has 2 aromatic rings. The summed E-state index contributed by atoms with van der Waals surface area (Å²) in [6, 6.07) is 16.4. The lowest BCUT2D eigenvalue weighted by Gasteiger charge is -2.14. The Labute approximate surface area is 170 Å². The van der Waals surface area contributed by atoms with E-state index in [0.717, 1.165) is 54.7 Å². The highest BCUT2D eigenvalue weighted by Gasteiger charge is 2.11. The van der Waals surface area contributed by atoms with Gasteiger partial charge in [-0.25, -0.2) is 0 Å². The van der Waals surface area contributed by atoms with Crippen molar-refractivity contribution in [3.8, 4) is 16.9 Å². The Morgan fingerprint density at radius 2 is 1.39 bits per heavy atom. The lowest BCUT2D eigenvalue weighted by Crippen LogP contribution is -2.08. The highest BCUT2D eigenvalue weighted by atomic mass is 16.5. The van der Waals surface area contributed by atoms with Crippen molar-refractivity contribution in [1.82, 2.24) is 0 Å². The molecule has 0 saturated carbocycles. The highest BCUT2D eigenvalue weighted by Crippen LogP contribution is 2.25. The molecule has 0 heterocycles. The number of ether oxygens (including phenoxy) is 2. The van der Waals surface area contributed by atoms with E-state index < -0.39 is 0 Å². The van der Waals surface area contributed by atoms with E-state index in [-0.39, 0.29) is 12.1 Å². The molecular formula is C25H34O3. The minimum atomic E-state index is -0.220. The van der Waals surface area contributed by atoms with Crippen LogP contribution in [0.3, 0.4) is 0 Å². The van der Waals surface area contributed by atoms with E-state index in [9.17, 15) is 4.79 Å². The monoisotopic (exact) mass is 382 g/mol. The van der Waals surface area contributed by atoms with Crippen LogP contribution in [-0.2, 0) is 9.53 Å². The van der Waals surface area contributed by atoms with E-state index in [4.69, 9.17) is 9.47 Å². The maximum Gasteiger partial charge on any atom is 0.306 e. The predicted molar refractivity (Wildman–Crippen MR) is 116 cm³/mol. The van der Waals surface area contributed by atoms with Crippen molar-refractivity contribution >= 4 is 5.97 Å². The Morgan fingerprint density at radius 3 is 2.00 bits per heavy atom. The summed E-state index contributed by atoms with van der Waals surface area (Å²) in [5.74, 6) is 0.805. The second-order valence-corrected chi connectivity index (χ2v) is 7.29. The summed E-state index contributed by atoms with van der Waals surface area (Å²) in [7, 11) is 0. The molecule has 0 amide bonds. The van der Waals surface area contributed by atoms with Gasteiger partial charge in [-0.15, -0.1) is 0 Å². The van der Waals surface area contributed by atoms with E-state index in [1.165, 1.54) is 12.8 Å². The number of rotatable bonds is 12. The van der Waals surface area contributed by atoms with Crippen LogP contribution in [0.15, 0.2) is 48.5 Å². The quantitative estimate of drug-likeness (QED) is 0.290. The molecule has 0 bridgehead atoms. The molecule has 0 fully saturated rings. The van der Waals surface area contributed by atoms with Gasteiger partial charge >= 0.3 is 5.97 Å². The van der Waals surface area contributed by atoms with Gasteiger partial charge in [-0.05, 0) is 48.6 Å². The number of carbonyl (C=O) groups is 1. The maximum atomic E-state index is 11.9. The number of unbranched alkanes of at least 4 members (excludes halogenated alkanes) is 4. The van der Waals surface area contributed by atoms with Crippen molar-refractivity contribution < 1.29 is 14.3 Å². The number of hydrogen-bond donors (Lipinski definition) is 0. The second-order valence-electron chi connectivity index (χ2n) is 7.29. The molecule has 3 heteroatoms. The third kappa shape index (κ3) is 7.38. The SMILES string of the molecule is CCCCCOc1ccc(-c2ccc(C(C)OC(=O)CCCCC)cc2)cc1. The van der Waals surface area contributed by atoms with Gasteiger partial charge in [0.1, 0.15) is 11.9 Å². The molecule has 3 nitrogen and oxygen atoms in total. The summed E-state index contributed by atoms with van der Waals surface area (Å²) in [4.78, 5) is 11.9.